The SMILES string of the molecule is CNC(Cc1nc(C)c(C)s1)c1ccc(OC)cc1. The van der Waals surface area contributed by atoms with E-state index in [1.165, 1.54) is 15.4 Å². The first kappa shape index (κ1) is 14.0. The molecule has 0 aliphatic rings. The normalized spacial score (nSPS) is 12.4. The Balaban J connectivity index is 2.14. The van der Waals surface area contributed by atoms with E-state index in [4.69, 9.17) is 4.74 Å². The third-order valence-corrected chi connectivity index (χ3v) is 4.41. The van der Waals surface area contributed by atoms with E-state index in [9.17, 15) is 0 Å². The number of benzene rings is 1. The minimum absolute atomic E-state index is 0.288. The molecule has 19 heavy (non-hydrogen) atoms. The second-order valence-corrected chi connectivity index (χ2v) is 5.86. The molecule has 1 aromatic carbocycles. The lowest BCUT2D eigenvalue weighted by Gasteiger charge is -2.15. The Morgan fingerprint density at radius 2 is 1.95 bits per heavy atom. The highest BCUT2D eigenvalue weighted by Gasteiger charge is 2.13. The van der Waals surface area contributed by atoms with E-state index in [-0.39, 0.29) is 6.04 Å². The second kappa shape index (κ2) is 6.17. The van der Waals surface area contributed by atoms with E-state index in [2.05, 4.69) is 36.3 Å². The number of hydrogen-bond acceptors (Lipinski definition) is 4. The predicted octanol–water partition coefficient (Wildman–Crippen LogP) is 3.27. The standard InChI is InChI=1S/C15H20N2OS/c1-10-11(2)19-15(17-10)9-14(16-3)12-5-7-13(18-4)8-6-12/h5-8,14,16H,9H2,1-4H3. The minimum Gasteiger partial charge on any atom is -0.497 e. The summed E-state index contributed by atoms with van der Waals surface area (Å²) in [5, 5.41) is 4.54. The summed E-state index contributed by atoms with van der Waals surface area (Å²) in [5.74, 6) is 0.888. The van der Waals surface area contributed by atoms with E-state index < -0.39 is 0 Å². The van der Waals surface area contributed by atoms with Crippen LogP contribution in [0.4, 0.5) is 0 Å². The van der Waals surface area contributed by atoms with Crippen LogP contribution in [-0.2, 0) is 6.42 Å². The van der Waals surface area contributed by atoms with Gasteiger partial charge < -0.3 is 10.1 Å². The lowest BCUT2D eigenvalue weighted by atomic mass is 10.0. The third kappa shape index (κ3) is 3.33. The van der Waals surface area contributed by atoms with E-state index in [0.717, 1.165) is 17.9 Å². The van der Waals surface area contributed by atoms with Gasteiger partial charge in [0.2, 0.25) is 0 Å². The molecule has 102 valence electrons. The van der Waals surface area contributed by atoms with Gasteiger partial charge in [0, 0.05) is 17.3 Å². The van der Waals surface area contributed by atoms with Gasteiger partial charge in [0.1, 0.15) is 5.75 Å². The van der Waals surface area contributed by atoms with Crippen LogP contribution >= 0.6 is 11.3 Å². The van der Waals surface area contributed by atoms with Crippen molar-refractivity contribution in [2.75, 3.05) is 14.2 Å². The molecule has 2 aromatic rings. The van der Waals surface area contributed by atoms with Crippen molar-refractivity contribution in [3.8, 4) is 5.75 Å². The second-order valence-electron chi connectivity index (χ2n) is 4.57. The summed E-state index contributed by atoms with van der Waals surface area (Å²) in [6, 6.07) is 8.49. The van der Waals surface area contributed by atoms with Gasteiger partial charge in [0.15, 0.2) is 0 Å². The van der Waals surface area contributed by atoms with Gasteiger partial charge in [0.05, 0.1) is 17.8 Å². The molecule has 1 unspecified atom stereocenters. The number of likely N-dealkylation sites (N-methyl/N-ethyl adjacent to an activating group) is 1. The van der Waals surface area contributed by atoms with Gasteiger partial charge >= 0.3 is 0 Å². The molecular formula is C15H20N2OS. The zero-order valence-electron chi connectivity index (χ0n) is 11.9. The fraction of sp³-hybridized carbons (Fsp3) is 0.400. The third-order valence-electron chi connectivity index (χ3n) is 3.32. The van der Waals surface area contributed by atoms with Gasteiger partial charge in [0.25, 0.3) is 0 Å². The number of methoxy groups -OCH3 is 1. The van der Waals surface area contributed by atoms with Crippen LogP contribution in [0, 0.1) is 13.8 Å². The average molecular weight is 276 g/mol. The molecule has 0 fully saturated rings. The number of rotatable bonds is 5. The van der Waals surface area contributed by atoms with Gasteiger partial charge in [-0.25, -0.2) is 4.98 Å². The van der Waals surface area contributed by atoms with Crippen LogP contribution in [0.15, 0.2) is 24.3 Å². The van der Waals surface area contributed by atoms with Crippen LogP contribution in [0.3, 0.4) is 0 Å². The zero-order chi connectivity index (χ0) is 13.8. The van der Waals surface area contributed by atoms with Crippen LogP contribution in [0.25, 0.3) is 0 Å². The van der Waals surface area contributed by atoms with Crippen molar-refractivity contribution in [1.82, 2.24) is 10.3 Å². The minimum atomic E-state index is 0.288. The maximum atomic E-state index is 5.19. The Kier molecular flexibility index (Phi) is 4.56. The highest BCUT2D eigenvalue weighted by Crippen LogP contribution is 2.24. The molecule has 3 nitrogen and oxygen atoms in total. The summed E-state index contributed by atoms with van der Waals surface area (Å²) in [6.07, 6.45) is 0.919. The molecular weight excluding hydrogens is 256 g/mol. The van der Waals surface area contributed by atoms with Crippen LogP contribution in [0.2, 0.25) is 0 Å². The number of aryl methyl sites for hydroxylation is 2. The number of thiazole rings is 1. The molecule has 0 radical (unpaired) electrons. The number of nitrogens with zero attached hydrogens (tertiary/aromatic N) is 1. The Morgan fingerprint density at radius 3 is 2.42 bits per heavy atom. The Hall–Kier alpha value is -1.39. The maximum absolute atomic E-state index is 5.19. The number of aromatic nitrogens is 1. The van der Waals surface area contributed by atoms with Gasteiger partial charge in [-0.05, 0) is 38.6 Å². The number of nitrogens with one attached hydrogen (secondary N) is 1. The fourth-order valence-corrected chi connectivity index (χ4v) is 3.00. The maximum Gasteiger partial charge on any atom is 0.118 e. The molecule has 0 amide bonds. The molecule has 1 atom stereocenters. The summed E-state index contributed by atoms with van der Waals surface area (Å²) < 4.78 is 5.19. The lowest BCUT2D eigenvalue weighted by Crippen LogP contribution is -2.18. The smallest absolute Gasteiger partial charge is 0.118 e. The Labute approximate surface area is 118 Å². The molecule has 1 heterocycles. The fourth-order valence-electron chi connectivity index (χ4n) is 2.02. The molecule has 0 saturated carbocycles. The summed E-state index contributed by atoms with van der Waals surface area (Å²) in [7, 11) is 3.67. The predicted molar refractivity (Wildman–Crippen MR) is 80.1 cm³/mol. The molecule has 0 bridgehead atoms. The lowest BCUT2D eigenvalue weighted by molar-refractivity contribution is 0.414. The van der Waals surface area contributed by atoms with Crippen molar-refractivity contribution in [1.29, 1.82) is 0 Å². The first-order chi connectivity index (χ1) is 9.13. The molecule has 1 N–H and O–H groups in total. The van der Waals surface area contributed by atoms with Gasteiger partial charge in [-0.15, -0.1) is 11.3 Å². The number of hydrogen-bond donors (Lipinski definition) is 1. The highest BCUT2D eigenvalue weighted by molar-refractivity contribution is 7.11. The summed E-state index contributed by atoms with van der Waals surface area (Å²) in [6.45, 7) is 4.19. The molecule has 4 heteroatoms. The molecule has 1 aromatic heterocycles. The highest BCUT2D eigenvalue weighted by atomic mass is 32.1. The van der Waals surface area contributed by atoms with E-state index in [0.29, 0.717) is 0 Å². The van der Waals surface area contributed by atoms with Crippen molar-refractivity contribution in [2.24, 2.45) is 0 Å². The largest absolute Gasteiger partial charge is 0.497 e. The van der Waals surface area contributed by atoms with Crippen molar-refractivity contribution >= 4 is 11.3 Å². The number of ether oxygens (including phenoxy) is 1. The summed E-state index contributed by atoms with van der Waals surface area (Å²) in [5.41, 5.74) is 2.40. The summed E-state index contributed by atoms with van der Waals surface area (Å²) in [4.78, 5) is 5.92. The van der Waals surface area contributed by atoms with Crippen LogP contribution in [0.5, 0.6) is 5.75 Å². The van der Waals surface area contributed by atoms with E-state index in [1.807, 2.05) is 19.2 Å². The van der Waals surface area contributed by atoms with Crippen molar-refractivity contribution in [3.05, 3.63) is 45.4 Å². The quantitative estimate of drug-likeness (QED) is 0.910. The topological polar surface area (TPSA) is 34.2 Å². The molecule has 2 rings (SSSR count). The molecule has 0 aliphatic carbocycles. The van der Waals surface area contributed by atoms with Gasteiger partial charge in [-0.1, -0.05) is 12.1 Å². The Bertz CT molecular complexity index is 514. The zero-order valence-corrected chi connectivity index (χ0v) is 12.7. The van der Waals surface area contributed by atoms with Crippen molar-refractivity contribution in [3.63, 3.8) is 0 Å². The average Bonchev–Trinajstić information content (AvgIpc) is 2.75. The first-order valence-electron chi connectivity index (χ1n) is 6.38. The Morgan fingerprint density at radius 1 is 1.26 bits per heavy atom. The van der Waals surface area contributed by atoms with Crippen LogP contribution in [0.1, 0.15) is 27.2 Å². The van der Waals surface area contributed by atoms with E-state index in [1.54, 1.807) is 18.4 Å². The molecule has 0 aliphatic heterocycles. The molecule has 0 saturated heterocycles. The van der Waals surface area contributed by atoms with Crippen LogP contribution in [-0.4, -0.2) is 19.1 Å². The van der Waals surface area contributed by atoms with Gasteiger partial charge in [-0.2, -0.15) is 0 Å². The van der Waals surface area contributed by atoms with Crippen molar-refractivity contribution in [2.45, 2.75) is 26.3 Å². The van der Waals surface area contributed by atoms with Crippen molar-refractivity contribution < 1.29 is 4.74 Å². The van der Waals surface area contributed by atoms with Crippen LogP contribution < -0.4 is 10.1 Å². The monoisotopic (exact) mass is 276 g/mol. The van der Waals surface area contributed by atoms with E-state index >= 15 is 0 Å². The summed E-state index contributed by atoms with van der Waals surface area (Å²) >= 11 is 1.78. The molecule has 0 spiro atoms. The van der Waals surface area contributed by atoms with Gasteiger partial charge in [-0.3, -0.25) is 0 Å². The first-order valence-corrected chi connectivity index (χ1v) is 7.19.